The molecule has 1 unspecified atom stereocenters. The summed E-state index contributed by atoms with van der Waals surface area (Å²) >= 11 is 0. The van der Waals surface area contributed by atoms with Gasteiger partial charge in [-0.1, -0.05) is 0 Å². The molecule has 1 fully saturated rings. The van der Waals surface area contributed by atoms with Crippen LogP contribution in [-0.4, -0.2) is 46.3 Å². The van der Waals surface area contributed by atoms with Crippen molar-refractivity contribution < 1.29 is 13.2 Å². The summed E-state index contributed by atoms with van der Waals surface area (Å²) in [5.41, 5.74) is -0.0948. The Morgan fingerprint density at radius 3 is 2.67 bits per heavy atom. The molecule has 0 saturated carbocycles. The van der Waals surface area contributed by atoms with Gasteiger partial charge >= 0.3 is 6.18 Å². The molecule has 128 valence electrons. The lowest BCUT2D eigenvalue weighted by Crippen LogP contribution is -2.36. The zero-order chi connectivity index (χ0) is 17.3. The lowest BCUT2D eigenvalue weighted by molar-refractivity contribution is -0.141. The molecule has 2 aromatic rings. The Morgan fingerprint density at radius 1 is 1.21 bits per heavy atom. The molecule has 0 aromatic carbocycles. The van der Waals surface area contributed by atoms with Crippen molar-refractivity contribution in [1.82, 2.24) is 20.2 Å². The Balaban J connectivity index is 1.72. The molecule has 1 aliphatic rings. The van der Waals surface area contributed by atoms with Gasteiger partial charge in [0, 0.05) is 26.3 Å². The van der Waals surface area contributed by atoms with E-state index in [0.29, 0.717) is 6.54 Å². The van der Waals surface area contributed by atoms with Gasteiger partial charge in [0.1, 0.15) is 5.69 Å². The summed E-state index contributed by atoms with van der Waals surface area (Å²) in [5, 5.41) is 8.19. The highest BCUT2D eigenvalue weighted by Gasteiger charge is 2.34. The van der Waals surface area contributed by atoms with Crippen molar-refractivity contribution in [3.8, 4) is 0 Å². The molecular weight excluding hydrogens is 321 g/mol. The third-order valence-corrected chi connectivity index (χ3v) is 4.07. The van der Waals surface area contributed by atoms with E-state index in [9.17, 15) is 13.2 Å². The van der Waals surface area contributed by atoms with Gasteiger partial charge in [-0.05, 0) is 31.5 Å². The third-order valence-electron chi connectivity index (χ3n) is 4.07. The number of likely N-dealkylation sites (N-methyl/N-ethyl adjacent to an activating group) is 1. The number of anilines is 2. The van der Waals surface area contributed by atoms with E-state index in [1.807, 2.05) is 19.1 Å². The quantitative estimate of drug-likeness (QED) is 0.856. The van der Waals surface area contributed by atoms with Crippen LogP contribution in [0.5, 0.6) is 0 Å². The average molecular weight is 338 g/mol. The number of halogens is 3. The Bertz CT molecular complexity index is 703. The Morgan fingerprint density at radius 2 is 2.00 bits per heavy atom. The predicted octanol–water partition coefficient (Wildman–Crippen LogP) is 2.31. The SMILES string of the molecule is Cc1ccc(N2CCC(N(C)c3nccc(C(F)(F)F)n3)C2)nn1. The van der Waals surface area contributed by atoms with Gasteiger partial charge in [-0.15, -0.1) is 5.10 Å². The third kappa shape index (κ3) is 3.39. The minimum Gasteiger partial charge on any atom is -0.353 e. The van der Waals surface area contributed by atoms with E-state index in [0.717, 1.165) is 36.7 Å². The van der Waals surface area contributed by atoms with Crippen LogP contribution >= 0.6 is 0 Å². The van der Waals surface area contributed by atoms with Crippen molar-refractivity contribution in [3.05, 3.63) is 35.8 Å². The molecule has 2 aromatic heterocycles. The van der Waals surface area contributed by atoms with Crippen molar-refractivity contribution in [2.24, 2.45) is 0 Å². The van der Waals surface area contributed by atoms with Crippen LogP contribution in [0.25, 0.3) is 0 Å². The first-order valence-electron chi connectivity index (χ1n) is 7.53. The van der Waals surface area contributed by atoms with Crippen LogP contribution in [0, 0.1) is 6.92 Å². The predicted molar refractivity (Wildman–Crippen MR) is 82.8 cm³/mol. The zero-order valence-electron chi connectivity index (χ0n) is 13.3. The molecule has 3 rings (SSSR count). The minimum atomic E-state index is -4.47. The van der Waals surface area contributed by atoms with E-state index >= 15 is 0 Å². The summed E-state index contributed by atoms with van der Waals surface area (Å²) < 4.78 is 38.4. The van der Waals surface area contributed by atoms with Crippen molar-refractivity contribution in [2.45, 2.75) is 25.6 Å². The van der Waals surface area contributed by atoms with Crippen molar-refractivity contribution in [3.63, 3.8) is 0 Å². The van der Waals surface area contributed by atoms with E-state index in [4.69, 9.17) is 0 Å². The molecule has 0 bridgehead atoms. The highest BCUT2D eigenvalue weighted by atomic mass is 19.4. The maximum absolute atomic E-state index is 12.8. The molecule has 1 atom stereocenters. The van der Waals surface area contributed by atoms with Gasteiger partial charge in [0.15, 0.2) is 5.82 Å². The molecule has 0 aliphatic carbocycles. The number of hydrogen-bond acceptors (Lipinski definition) is 6. The van der Waals surface area contributed by atoms with Crippen LogP contribution < -0.4 is 9.80 Å². The van der Waals surface area contributed by atoms with Crippen LogP contribution in [-0.2, 0) is 6.18 Å². The van der Waals surface area contributed by atoms with E-state index in [-0.39, 0.29) is 12.0 Å². The molecule has 1 saturated heterocycles. The smallest absolute Gasteiger partial charge is 0.353 e. The van der Waals surface area contributed by atoms with Crippen molar-refractivity contribution in [1.29, 1.82) is 0 Å². The van der Waals surface area contributed by atoms with Crippen LogP contribution in [0.3, 0.4) is 0 Å². The first-order chi connectivity index (χ1) is 11.3. The Kier molecular flexibility index (Phi) is 4.25. The molecule has 6 nitrogen and oxygen atoms in total. The van der Waals surface area contributed by atoms with Crippen LogP contribution in [0.15, 0.2) is 24.4 Å². The van der Waals surface area contributed by atoms with Gasteiger partial charge in [0.2, 0.25) is 5.95 Å². The topological polar surface area (TPSA) is 58.0 Å². The average Bonchev–Trinajstić information content (AvgIpc) is 3.04. The van der Waals surface area contributed by atoms with Crippen LogP contribution in [0.2, 0.25) is 0 Å². The maximum Gasteiger partial charge on any atom is 0.433 e. The second-order valence-electron chi connectivity index (χ2n) is 5.77. The number of alkyl halides is 3. The number of aromatic nitrogens is 4. The van der Waals surface area contributed by atoms with E-state index in [1.54, 1.807) is 11.9 Å². The number of nitrogens with zero attached hydrogens (tertiary/aromatic N) is 6. The van der Waals surface area contributed by atoms with Crippen molar-refractivity contribution >= 4 is 11.8 Å². The zero-order valence-corrected chi connectivity index (χ0v) is 13.3. The standard InChI is InChI=1S/C15H17F3N6/c1-10-3-4-13(22-21-10)24-8-6-11(9-24)23(2)14-19-7-5-12(20-14)15(16,17)18/h3-5,7,11H,6,8-9H2,1-2H3. The molecular formula is C15H17F3N6. The minimum absolute atomic E-state index is 0.0107. The Hall–Kier alpha value is -2.45. The largest absolute Gasteiger partial charge is 0.433 e. The maximum atomic E-state index is 12.8. The van der Waals surface area contributed by atoms with E-state index in [2.05, 4.69) is 25.1 Å². The summed E-state index contributed by atoms with van der Waals surface area (Å²) in [4.78, 5) is 11.4. The highest BCUT2D eigenvalue weighted by Crippen LogP contribution is 2.29. The molecule has 0 N–H and O–H groups in total. The van der Waals surface area contributed by atoms with E-state index < -0.39 is 11.9 Å². The van der Waals surface area contributed by atoms with Gasteiger partial charge in [0.25, 0.3) is 0 Å². The van der Waals surface area contributed by atoms with Gasteiger partial charge in [-0.3, -0.25) is 0 Å². The summed E-state index contributed by atoms with van der Waals surface area (Å²) in [6.45, 7) is 3.25. The fraction of sp³-hybridized carbons (Fsp3) is 0.467. The molecule has 1 aliphatic heterocycles. The second kappa shape index (κ2) is 6.21. The lowest BCUT2D eigenvalue weighted by Gasteiger charge is -2.25. The number of rotatable bonds is 3. The highest BCUT2D eigenvalue weighted by molar-refractivity contribution is 5.42. The van der Waals surface area contributed by atoms with Gasteiger partial charge in [0.05, 0.1) is 11.7 Å². The Labute approximate surface area is 137 Å². The molecule has 0 spiro atoms. The summed E-state index contributed by atoms with van der Waals surface area (Å²) in [5.74, 6) is 0.841. The summed E-state index contributed by atoms with van der Waals surface area (Å²) in [6, 6.07) is 4.66. The van der Waals surface area contributed by atoms with Crippen molar-refractivity contribution in [2.75, 3.05) is 29.9 Å². The lowest BCUT2D eigenvalue weighted by atomic mass is 10.2. The fourth-order valence-corrected chi connectivity index (χ4v) is 2.67. The van der Waals surface area contributed by atoms with Gasteiger partial charge in [-0.2, -0.15) is 18.3 Å². The first kappa shape index (κ1) is 16.4. The normalized spacial score (nSPS) is 18.0. The molecule has 24 heavy (non-hydrogen) atoms. The molecule has 3 heterocycles. The summed E-state index contributed by atoms with van der Waals surface area (Å²) in [7, 11) is 1.71. The van der Waals surface area contributed by atoms with Crippen LogP contribution in [0.4, 0.5) is 24.9 Å². The molecule has 0 radical (unpaired) electrons. The van der Waals surface area contributed by atoms with Crippen LogP contribution in [0.1, 0.15) is 17.8 Å². The first-order valence-corrected chi connectivity index (χ1v) is 7.53. The van der Waals surface area contributed by atoms with Gasteiger partial charge < -0.3 is 9.80 Å². The number of hydrogen-bond donors (Lipinski definition) is 0. The number of aryl methyl sites for hydroxylation is 1. The summed E-state index contributed by atoms with van der Waals surface area (Å²) in [6.07, 6.45) is -2.55. The fourth-order valence-electron chi connectivity index (χ4n) is 2.67. The second-order valence-corrected chi connectivity index (χ2v) is 5.77. The molecule has 9 heteroatoms. The van der Waals surface area contributed by atoms with E-state index in [1.165, 1.54) is 0 Å². The monoisotopic (exact) mass is 338 g/mol. The molecule has 0 amide bonds. The van der Waals surface area contributed by atoms with Gasteiger partial charge in [-0.25, -0.2) is 9.97 Å².